The minimum Gasteiger partial charge on any atom is -0.370 e. The molecule has 152 valence electrons. The first kappa shape index (κ1) is 21.8. The van der Waals surface area contributed by atoms with E-state index in [1.165, 1.54) is 24.4 Å². The number of pyridine rings is 1. The van der Waals surface area contributed by atoms with Gasteiger partial charge >= 0.3 is 5.97 Å². The smallest absolute Gasteiger partial charge is 0.343 e. The SMILES string of the molecule is CC(C)(C)[C@@H](N)C(=O)ONS(=O)(=O)c1ccc2c(Cl)cnc(N=C(N)N)c2c1. The zero-order chi connectivity index (χ0) is 21.3. The average Bonchev–Trinajstić information content (AvgIpc) is 2.60. The number of hydrogen-bond acceptors (Lipinski definition) is 7. The molecule has 1 atom stereocenters. The lowest BCUT2D eigenvalue weighted by molar-refractivity contribution is -0.151. The summed E-state index contributed by atoms with van der Waals surface area (Å²) < 4.78 is 25.0. The topological polar surface area (TPSA) is 176 Å². The Hall–Kier alpha value is -2.47. The van der Waals surface area contributed by atoms with Crippen molar-refractivity contribution >= 4 is 50.1 Å². The van der Waals surface area contributed by atoms with E-state index in [1.807, 2.05) is 0 Å². The van der Waals surface area contributed by atoms with Gasteiger partial charge in [-0.2, -0.15) is 4.99 Å². The van der Waals surface area contributed by atoms with E-state index < -0.39 is 27.4 Å². The van der Waals surface area contributed by atoms with Crippen LogP contribution in [-0.4, -0.2) is 31.4 Å². The largest absolute Gasteiger partial charge is 0.370 e. The molecule has 1 aromatic carbocycles. The van der Waals surface area contributed by atoms with E-state index in [2.05, 4.69) is 14.8 Å². The van der Waals surface area contributed by atoms with E-state index in [4.69, 9.17) is 28.8 Å². The van der Waals surface area contributed by atoms with E-state index in [1.54, 1.807) is 25.7 Å². The van der Waals surface area contributed by atoms with Gasteiger partial charge in [0.15, 0.2) is 11.8 Å². The Morgan fingerprint density at radius 1 is 1.29 bits per heavy atom. The average molecular weight is 429 g/mol. The van der Waals surface area contributed by atoms with Crippen LogP contribution in [0, 0.1) is 5.41 Å². The number of sulfonamides is 1. The van der Waals surface area contributed by atoms with Crippen molar-refractivity contribution in [3.05, 3.63) is 29.4 Å². The summed E-state index contributed by atoms with van der Waals surface area (Å²) >= 11 is 6.09. The van der Waals surface area contributed by atoms with Crippen molar-refractivity contribution in [2.24, 2.45) is 27.6 Å². The Morgan fingerprint density at radius 2 is 1.93 bits per heavy atom. The molecule has 0 radical (unpaired) electrons. The van der Waals surface area contributed by atoms with Crippen molar-refractivity contribution in [3.63, 3.8) is 0 Å². The first-order chi connectivity index (χ1) is 12.8. The summed E-state index contributed by atoms with van der Waals surface area (Å²) in [6.45, 7) is 5.16. The van der Waals surface area contributed by atoms with Crippen LogP contribution in [0.25, 0.3) is 10.8 Å². The maximum Gasteiger partial charge on any atom is 0.343 e. The molecule has 28 heavy (non-hydrogen) atoms. The molecule has 2 rings (SSSR count). The quantitative estimate of drug-likeness (QED) is 0.308. The second-order valence-corrected chi connectivity index (χ2v) is 9.08. The fourth-order valence-electron chi connectivity index (χ4n) is 2.11. The molecule has 0 saturated heterocycles. The molecule has 0 aliphatic rings. The van der Waals surface area contributed by atoms with Crippen LogP contribution < -0.4 is 22.1 Å². The third-order valence-electron chi connectivity index (χ3n) is 3.77. The number of carbonyl (C=O) groups excluding carboxylic acids is 1. The highest BCUT2D eigenvalue weighted by molar-refractivity contribution is 7.89. The number of aliphatic imine (C=N–C) groups is 1. The molecule has 0 saturated carbocycles. The van der Waals surface area contributed by atoms with Crippen LogP contribution in [0.3, 0.4) is 0 Å². The number of fused-ring (bicyclic) bond motifs is 1. The fourth-order valence-corrected chi connectivity index (χ4v) is 3.13. The van der Waals surface area contributed by atoms with Crippen LogP contribution in [0.5, 0.6) is 0 Å². The minimum absolute atomic E-state index is 0.0863. The van der Waals surface area contributed by atoms with E-state index >= 15 is 0 Å². The van der Waals surface area contributed by atoms with Gasteiger partial charge in [-0.3, -0.25) is 0 Å². The molecule has 1 heterocycles. The third kappa shape index (κ3) is 4.87. The third-order valence-corrected chi connectivity index (χ3v) is 5.25. The lowest BCUT2D eigenvalue weighted by Crippen LogP contribution is -2.45. The van der Waals surface area contributed by atoms with Gasteiger partial charge in [0, 0.05) is 17.0 Å². The number of halogens is 1. The standard InChI is InChI=1S/C16H21ClN6O4S/c1-16(2,3)12(18)14(24)27-23-28(25,26)8-4-5-9-10(6-8)13(22-15(19)20)21-7-11(9)17/h4-7,12,23H,18H2,1-3H3,(H4,19,20,21,22)/t12-/m0/s1. The van der Waals surface area contributed by atoms with Gasteiger partial charge in [0.1, 0.15) is 6.04 Å². The molecule has 0 spiro atoms. The summed E-state index contributed by atoms with van der Waals surface area (Å²) in [4.78, 5) is 26.0. The number of hydrogen-bond donors (Lipinski definition) is 4. The summed E-state index contributed by atoms with van der Waals surface area (Å²) in [6.07, 6.45) is 1.34. The first-order valence-electron chi connectivity index (χ1n) is 7.99. The van der Waals surface area contributed by atoms with Gasteiger partial charge in [0.25, 0.3) is 10.0 Å². The van der Waals surface area contributed by atoms with Gasteiger partial charge in [-0.1, -0.05) is 38.4 Å². The molecule has 0 unspecified atom stereocenters. The molecule has 0 amide bonds. The first-order valence-corrected chi connectivity index (χ1v) is 9.85. The van der Waals surface area contributed by atoms with E-state index in [0.717, 1.165) is 0 Å². The number of carbonyl (C=O) groups is 1. The van der Waals surface area contributed by atoms with Crippen molar-refractivity contribution in [2.45, 2.75) is 31.7 Å². The fraction of sp³-hybridized carbons (Fsp3) is 0.312. The van der Waals surface area contributed by atoms with Crippen LogP contribution >= 0.6 is 11.6 Å². The maximum atomic E-state index is 12.5. The Balaban J connectivity index is 2.38. The highest BCUT2D eigenvalue weighted by atomic mass is 35.5. The van der Waals surface area contributed by atoms with E-state index in [0.29, 0.717) is 10.8 Å². The Bertz CT molecular complexity index is 1050. The Morgan fingerprint density at radius 3 is 2.50 bits per heavy atom. The van der Waals surface area contributed by atoms with Gasteiger partial charge in [-0.25, -0.2) is 18.2 Å². The lowest BCUT2D eigenvalue weighted by atomic mass is 9.88. The number of aromatic nitrogens is 1. The molecule has 0 aliphatic carbocycles. The van der Waals surface area contributed by atoms with Crippen molar-refractivity contribution in [3.8, 4) is 0 Å². The number of rotatable bonds is 5. The van der Waals surface area contributed by atoms with E-state index in [9.17, 15) is 13.2 Å². The zero-order valence-corrected chi connectivity index (χ0v) is 17.0. The number of nitrogens with two attached hydrogens (primary N) is 3. The zero-order valence-electron chi connectivity index (χ0n) is 15.4. The number of nitrogens with one attached hydrogen (secondary N) is 1. The summed E-state index contributed by atoms with van der Waals surface area (Å²) in [5.41, 5.74) is 15.9. The molecule has 0 aliphatic heterocycles. The molecule has 1 aromatic heterocycles. The van der Waals surface area contributed by atoms with Gasteiger partial charge in [0.2, 0.25) is 0 Å². The summed E-state index contributed by atoms with van der Waals surface area (Å²) in [5.74, 6) is -1.08. The minimum atomic E-state index is -4.21. The lowest BCUT2D eigenvalue weighted by Gasteiger charge is -2.24. The van der Waals surface area contributed by atoms with Crippen LogP contribution in [-0.2, 0) is 19.7 Å². The second kappa shape index (κ2) is 7.87. The molecule has 10 nitrogen and oxygen atoms in total. The predicted molar refractivity (Wildman–Crippen MR) is 106 cm³/mol. The van der Waals surface area contributed by atoms with Crippen LogP contribution in [0.2, 0.25) is 5.02 Å². The molecule has 0 fully saturated rings. The molecular formula is C16H21ClN6O4S. The predicted octanol–water partition coefficient (Wildman–Crippen LogP) is 0.903. The highest BCUT2D eigenvalue weighted by Crippen LogP contribution is 2.31. The maximum absolute atomic E-state index is 12.5. The Labute approximate surface area is 167 Å². The normalized spacial score (nSPS) is 13.2. The molecule has 0 bridgehead atoms. The number of benzene rings is 1. The van der Waals surface area contributed by atoms with Crippen LogP contribution in [0.4, 0.5) is 5.82 Å². The summed E-state index contributed by atoms with van der Waals surface area (Å²) in [5, 5.41) is 1.06. The number of nitrogens with zero attached hydrogens (tertiary/aromatic N) is 2. The van der Waals surface area contributed by atoms with Crippen molar-refractivity contribution < 1.29 is 18.0 Å². The van der Waals surface area contributed by atoms with Gasteiger partial charge < -0.3 is 22.0 Å². The summed E-state index contributed by atoms with van der Waals surface area (Å²) in [6, 6.07) is 2.98. The molecular weight excluding hydrogens is 408 g/mol. The van der Waals surface area contributed by atoms with Crippen LogP contribution in [0.1, 0.15) is 20.8 Å². The Kier molecular flexibility index (Phi) is 6.14. The van der Waals surface area contributed by atoms with Gasteiger partial charge in [0.05, 0.1) is 9.92 Å². The van der Waals surface area contributed by atoms with Gasteiger partial charge in [-0.15, -0.1) is 0 Å². The molecule has 12 heteroatoms. The van der Waals surface area contributed by atoms with Crippen molar-refractivity contribution in [1.82, 2.24) is 9.87 Å². The highest BCUT2D eigenvalue weighted by Gasteiger charge is 2.30. The molecule has 7 N–H and O–H groups in total. The van der Waals surface area contributed by atoms with Gasteiger partial charge in [-0.05, 0) is 22.4 Å². The summed E-state index contributed by atoms with van der Waals surface area (Å²) in [7, 11) is -4.21. The van der Waals surface area contributed by atoms with Crippen molar-refractivity contribution in [1.29, 1.82) is 0 Å². The van der Waals surface area contributed by atoms with Crippen LogP contribution in [0.15, 0.2) is 34.3 Å². The second-order valence-electron chi connectivity index (χ2n) is 7.03. The number of guanidine groups is 1. The molecule has 2 aromatic rings. The van der Waals surface area contributed by atoms with E-state index in [-0.39, 0.29) is 21.7 Å². The monoisotopic (exact) mass is 428 g/mol. The van der Waals surface area contributed by atoms with Crippen molar-refractivity contribution in [2.75, 3.05) is 0 Å².